The first-order valence-electron chi connectivity index (χ1n) is 30.8. The summed E-state index contributed by atoms with van der Waals surface area (Å²) in [5, 5.41) is 0. The van der Waals surface area contributed by atoms with E-state index in [2.05, 4.69) is 154 Å². The highest BCUT2D eigenvalue weighted by Gasteiger charge is 2.19. The second-order valence-corrected chi connectivity index (χ2v) is 19.8. The van der Waals surface area contributed by atoms with E-state index >= 15 is 0 Å². The molecular weight excluding hydrogens is 937 g/mol. The molecule has 1 unspecified atom stereocenters. The van der Waals surface area contributed by atoms with Crippen molar-refractivity contribution in [2.24, 2.45) is 0 Å². The highest BCUT2D eigenvalue weighted by Crippen LogP contribution is 2.14. The van der Waals surface area contributed by atoms with Crippen molar-refractivity contribution in [2.45, 2.75) is 264 Å². The van der Waals surface area contributed by atoms with Crippen molar-refractivity contribution < 1.29 is 28.6 Å². The number of allylic oxidation sites excluding steroid dienone is 24. The summed E-state index contributed by atoms with van der Waals surface area (Å²) in [6, 6.07) is 0. The lowest BCUT2D eigenvalue weighted by Gasteiger charge is -2.18. The maximum atomic E-state index is 12.8. The smallest absolute Gasteiger partial charge is 0.306 e. The first-order valence-corrected chi connectivity index (χ1v) is 30.8. The van der Waals surface area contributed by atoms with Crippen molar-refractivity contribution in [1.29, 1.82) is 0 Å². The van der Waals surface area contributed by atoms with Gasteiger partial charge in [0.1, 0.15) is 13.2 Å². The van der Waals surface area contributed by atoms with E-state index in [1.54, 1.807) is 0 Å². The van der Waals surface area contributed by atoms with Crippen LogP contribution in [-0.4, -0.2) is 37.2 Å². The minimum absolute atomic E-state index is 0.117. The molecule has 0 N–H and O–H groups in total. The van der Waals surface area contributed by atoms with Crippen molar-refractivity contribution in [3.8, 4) is 0 Å². The number of hydrogen-bond donors (Lipinski definition) is 0. The molecule has 0 aromatic carbocycles. The fraction of sp³-hybridized carbons (Fsp3) is 0.614. The zero-order valence-corrected chi connectivity index (χ0v) is 49.0. The van der Waals surface area contributed by atoms with Crippen LogP contribution in [0, 0.1) is 0 Å². The van der Waals surface area contributed by atoms with E-state index in [1.165, 1.54) is 89.9 Å². The van der Waals surface area contributed by atoms with Gasteiger partial charge in [-0.1, -0.05) is 256 Å². The summed E-state index contributed by atoms with van der Waals surface area (Å²) in [5.41, 5.74) is 0. The highest BCUT2D eigenvalue weighted by molar-refractivity contribution is 5.71. The summed E-state index contributed by atoms with van der Waals surface area (Å²) in [6.45, 7) is 6.31. The quantitative estimate of drug-likeness (QED) is 0.0261. The highest BCUT2D eigenvalue weighted by atomic mass is 16.6. The molecule has 0 spiro atoms. The average molecular weight is 1050 g/mol. The van der Waals surface area contributed by atoms with Gasteiger partial charge in [0.15, 0.2) is 6.10 Å². The first kappa shape index (κ1) is 71.3. The van der Waals surface area contributed by atoms with E-state index in [4.69, 9.17) is 14.2 Å². The van der Waals surface area contributed by atoms with Crippen LogP contribution in [0.15, 0.2) is 146 Å². The molecule has 0 saturated carbocycles. The number of ether oxygens (including phenoxy) is 3. The van der Waals surface area contributed by atoms with Gasteiger partial charge < -0.3 is 14.2 Å². The fourth-order valence-corrected chi connectivity index (χ4v) is 8.02. The number of carbonyl (C=O) groups excluding carboxylic acids is 3. The van der Waals surface area contributed by atoms with Crippen LogP contribution >= 0.6 is 0 Å². The second kappa shape index (κ2) is 62.8. The van der Waals surface area contributed by atoms with E-state index < -0.39 is 12.1 Å². The second-order valence-electron chi connectivity index (χ2n) is 19.8. The third kappa shape index (κ3) is 60.2. The molecule has 0 aliphatic heterocycles. The SMILES string of the molecule is CC/C=C\C/C=C\C/C=C\C/C=C\C/C=C\C/C=C\CCC(=O)OC(COC(=O)CCCCCCC/C=C\CCCCC)COC(=O)CCCCCCCCCCCCC/C=C\C/C=C\C/C=C\C/C=C\C/C=C\CC. The average Bonchev–Trinajstić information content (AvgIpc) is 3.42. The molecule has 1 atom stereocenters. The fourth-order valence-electron chi connectivity index (χ4n) is 8.02. The van der Waals surface area contributed by atoms with Crippen molar-refractivity contribution in [2.75, 3.05) is 13.2 Å². The van der Waals surface area contributed by atoms with Gasteiger partial charge in [0.2, 0.25) is 0 Å². The molecule has 0 aromatic rings. The maximum Gasteiger partial charge on any atom is 0.306 e. The predicted octanol–water partition coefficient (Wildman–Crippen LogP) is 21.2. The molecule has 0 bridgehead atoms. The van der Waals surface area contributed by atoms with Crippen LogP contribution < -0.4 is 0 Å². The molecule has 0 aliphatic carbocycles. The zero-order chi connectivity index (χ0) is 55.0. The summed E-state index contributed by atoms with van der Waals surface area (Å²) < 4.78 is 16.8. The Balaban J connectivity index is 4.41. The van der Waals surface area contributed by atoms with E-state index in [-0.39, 0.29) is 31.6 Å². The van der Waals surface area contributed by atoms with Crippen LogP contribution in [0.2, 0.25) is 0 Å². The van der Waals surface area contributed by atoms with Gasteiger partial charge in [-0.15, -0.1) is 0 Å². The van der Waals surface area contributed by atoms with Crippen LogP contribution in [0.1, 0.15) is 258 Å². The molecule has 0 fully saturated rings. The van der Waals surface area contributed by atoms with Crippen LogP contribution in [0.3, 0.4) is 0 Å². The third-order valence-electron chi connectivity index (χ3n) is 12.6. The van der Waals surface area contributed by atoms with E-state index in [9.17, 15) is 14.4 Å². The normalized spacial score (nSPS) is 13.1. The molecule has 76 heavy (non-hydrogen) atoms. The lowest BCUT2D eigenvalue weighted by Crippen LogP contribution is -2.30. The summed E-state index contributed by atoms with van der Waals surface area (Å²) in [6.07, 6.45) is 90.0. The van der Waals surface area contributed by atoms with Crippen molar-refractivity contribution >= 4 is 17.9 Å². The molecule has 6 nitrogen and oxygen atoms in total. The summed E-state index contributed by atoms with van der Waals surface area (Å²) in [7, 11) is 0. The number of esters is 3. The maximum absolute atomic E-state index is 12.8. The topological polar surface area (TPSA) is 78.9 Å². The number of carbonyl (C=O) groups is 3. The van der Waals surface area contributed by atoms with Gasteiger partial charge >= 0.3 is 17.9 Å². The minimum atomic E-state index is -0.829. The number of rotatable bonds is 54. The molecule has 0 amide bonds. The van der Waals surface area contributed by atoms with Crippen LogP contribution in [0.5, 0.6) is 0 Å². The van der Waals surface area contributed by atoms with Crippen LogP contribution in [0.4, 0.5) is 0 Å². The van der Waals surface area contributed by atoms with Gasteiger partial charge in [0.05, 0.1) is 0 Å². The van der Waals surface area contributed by atoms with E-state index in [1.807, 2.05) is 12.2 Å². The lowest BCUT2D eigenvalue weighted by molar-refractivity contribution is -0.166. The molecule has 428 valence electrons. The molecule has 6 heteroatoms. The van der Waals surface area contributed by atoms with E-state index in [0.29, 0.717) is 19.3 Å². The Hall–Kier alpha value is -4.71. The molecule has 0 aliphatic rings. The molecule has 0 saturated heterocycles. The third-order valence-corrected chi connectivity index (χ3v) is 12.6. The van der Waals surface area contributed by atoms with Crippen molar-refractivity contribution in [3.63, 3.8) is 0 Å². The Bertz CT molecular complexity index is 1680. The van der Waals surface area contributed by atoms with Gasteiger partial charge in [-0.2, -0.15) is 0 Å². The summed E-state index contributed by atoms with van der Waals surface area (Å²) in [4.78, 5) is 38.2. The summed E-state index contributed by atoms with van der Waals surface area (Å²) >= 11 is 0. The Morgan fingerprint density at radius 2 is 0.539 bits per heavy atom. The Kier molecular flexibility index (Phi) is 58.9. The van der Waals surface area contributed by atoms with Crippen LogP contribution in [-0.2, 0) is 28.6 Å². The number of hydrogen-bond acceptors (Lipinski definition) is 6. The Morgan fingerprint density at radius 3 is 0.868 bits per heavy atom. The largest absolute Gasteiger partial charge is 0.462 e. The monoisotopic (exact) mass is 1050 g/mol. The van der Waals surface area contributed by atoms with Crippen molar-refractivity contribution in [1.82, 2.24) is 0 Å². The van der Waals surface area contributed by atoms with Gasteiger partial charge in [0.25, 0.3) is 0 Å². The van der Waals surface area contributed by atoms with Crippen LogP contribution in [0.25, 0.3) is 0 Å². The number of unbranched alkanes of at least 4 members (excludes halogenated alkanes) is 19. The molecule has 0 aromatic heterocycles. The van der Waals surface area contributed by atoms with Crippen molar-refractivity contribution in [3.05, 3.63) is 146 Å². The minimum Gasteiger partial charge on any atom is -0.462 e. The standard InChI is InChI=1S/C70H112O6/c1-4-7-10-13-16-19-22-25-27-29-31-32-33-34-35-36-37-38-40-41-43-45-48-51-54-57-60-63-69(72)75-66-67(65-74-68(71)62-59-56-53-50-47-24-21-18-15-12-9-6-3)76-70(73)64-61-58-55-52-49-46-44-42-39-30-28-26-23-20-17-14-11-8-5-2/h7-8,10-11,16-21,25-28,31-32,34-35,39,42,46,49,55,58,67H,4-6,9,12-15,22-24,29-30,33,36-38,40-41,43-45,47-48,50-54,56-57,59-66H2,1-3H3/b10-7-,11-8-,19-16-,20-17-,21-18-,27-25-,28-26-,32-31-,35-34-,42-39-,49-46-,58-55-. The van der Waals surface area contributed by atoms with Gasteiger partial charge in [-0.3, -0.25) is 14.4 Å². The zero-order valence-electron chi connectivity index (χ0n) is 49.0. The molecule has 0 rings (SSSR count). The first-order chi connectivity index (χ1) is 37.5. The lowest BCUT2D eigenvalue weighted by atomic mass is 10.0. The van der Waals surface area contributed by atoms with Gasteiger partial charge in [0, 0.05) is 19.3 Å². The summed E-state index contributed by atoms with van der Waals surface area (Å²) in [5.74, 6) is -1.02. The Morgan fingerprint density at radius 1 is 0.276 bits per heavy atom. The van der Waals surface area contributed by atoms with E-state index in [0.717, 1.165) is 122 Å². The molecule has 0 heterocycles. The van der Waals surface area contributed by atoms with Gasteiger partial charge in [-0.05, 0) is 128 Å². The predicted molar refractivity (Wildman–Crippen MR) is 329 cm³/mol. The molecular formula is C70H112O6. The van der Waals surface area contributed by atoms with Gasteiger partial charge in [-0.25, -0.2) is 0 Å². The Labute approximate surface area is 467 Å². The molecule has 0 radical (unpaired) electrons.